The number of carbonyl (C=O) groups excluding carboxylic acids is 2. The minimum Gasteiger partial charge on any atom is -0.468 e. The standard InChI is InChI=1S/C20H24F3N5O3/c1-13(9-16-26-24-12-27(16)2)14-5-4-6-15(10-14)25-18(30)28-8-7-19(11-28,17(29)31-3)20(21,22)23/h4-6,10,12-13H,7-9,11H2,1-3H3,(H,25,30). The average Bonchev–Trinajstić information content (AvgIpc) is 3.35. The van der Waals surface area contributed by atoms with Crippen LogP contribution >= 0.6 is 0 Å². The Balaban J connectivity index is 1.69. The van der Waals surface area contributed by atoms with Gasteiger partial charge in [0.05, 0.1) is 7.11 Å². The zero-order valence-electron chi connectivity index (χ0n) is 17.4. The van der Waals surface area contributed by atoms with Gasteiger partial charge in [0.1, 0.15) is 12.2 Å². The van der Waals surface area contributed by atoms with Crippen molar-refractivity contribution in [2.24, 2.45) is 12.5 Å². The molecule has 0 spiro atoms. The molecule has 1 fully saturated rings. The smallest absolute Gasteiger partial charge is 0.406 e. The molecule has 11 heteroatoms. The van der Waals surface area contributed by atoms with E-state index >= 15 is 0 Å². The Kier molecular flexibility index (Phi) is 6.23. The van der Waals surface area contributed by atoms with Gasteiger partial charge in [-0.3, -0.25) is 4.79 Å². The maximum atomic E-state index is 13.6. The number of rotatable bonds is 5. The lowest BCUT2D eigenvalue weighted by atomic mass is 9.86. The van der Waals surface area contributed by atoms with Crippen molar-refractivity contribution in [2.75, 3.05) is 25.5 Å². The molecule has 1 aromatic heterocycles. The molecule has 1 N–H and O–H groups in total. The largest absolute Gasteiger partial charge is 0.468 e. The molecule has 0 saturated carbocycles. The third-order valence-electron chi connectivity index (χ3n) is 5.68. The second-order valence-electron chi connectivity index (χ2n) is 7.76. The van der Waals surface area contributed by atoms with Gasteiger partial charge in [0, 0.05) is 32.2 Å². The van der Waals surface area contributed by atoms with Crippen molar-refractivity contribution in [3.63, 3.8) is 0 Å². The van der Waals surface area contributed by atoms with Gasteiger partial charge in [-0.15, -0.1) is 10.2 Å². The number of carbonyl (C=O) groups is 2. The monoisotopic (exact) mass is 439 g/mol. The van der Waals surface area contributed by atoms with Gasteiger partial charge in [-0.2, -0.15) is 13.2 Å². The Morgan fingerprint density at radius 2 is 2.10 bits per heavy atom. The number of amides is 2. The normalized spacial score (nSPS) is 19.9. The maximum absolute atomic E-state index is 13.6. The lowest BCUT2D eigenvalue weighted by molar-refractivity contribution is -0.228. The van der Waals surface area contributed by atoms with Gasteiger partial charge in [0.25, 0.3) is 0 Å². The molecular formula is C20H24F3N5O3. The summed E-state index contributed by atoms with van der Waals surface area (Å²) in [5.41, 5.74) is -1.32. The molecule has 2 atom stereocenters. The summed E-state index contributed by atoms with van der Waals surface area (Å²) in [6, 6.07) is 6.39. The first-order valence-electron chi connectivity index (χ1n) is 9.71. The van der Waals surface area contributed by atoms with E-state index in [2.05, 4.69) is 20.3 Å². The first kappa shape index (κ1) is 22.6. The number of urea groups is 1. The molecule has 2 unspecified atom stereocenters. The lowest BCUT2D eigenvalue weighted by Gasteiger charge is -2.28. The van der Waals surface area contributed by atoms with Gasteiger partial charge in [0.15, 0.2) is 5.41 Å². The first-order chi connectivity index (χ1) is 14.6. The van der Waals surface area contributed by atoms with Gasteiger partial charge < -0.3 is 19.5 Å². The average molecular weight is 439 g/mol. The van der Waals surface area contributed by atoms with Crippen LogP contribution in [0.4, 0.5) is 23.7 Å². The zero-order valence-corrected chi connectivity index (χ0v) is 17.4. The highest BCUT2D eigenvalue weighted by Gasteiger charge is 2.64. The van der Waals surface area contributed by atoms with E-state index in [-0.39, 0.29) is 12.5 Å². The van der Waals surface area contributed by atoms with E-state index in [1.807, 2.05) is 24.6 Å². The van der Waals surface area contributed by atoms with Crippen LogP contribution in [0.15, 0.2) is 30.6 Å². The zero-order chi connectivity index (χ0) is 22.8. The highest BCUT2D eigenvalue weighted by atomic mass is 19.4. The van der Waals surface area contributed by atoms with Crippen molar-refractivity contribution in [1.29, 1.82) is 0 Å². The van der Waals surface area contributed by atoms with Gasteiger partial charge in [-0.25, -0.2) is 4.79 Å². The molecule has 0 aliphatic carbocycles. The van der Waals surface area contributed by atoms with E-state index in [1.54, 1.807) is 24.5 Å². The highest BCUT2D eigenvalue weighted by molar-refractivity contribution is 5.90. The van der Waals surface area contributed by atoms with Crippen molar-refractivity contribution < 1.29 is 27.5 Å². The molecule has 1 aliphatic heterocycles. The fourth-order valence-electron chi connectivity index (χ4n) is 3.70. The van der Waals surface area contributed by atoms with Crippen LogP contribution in [0.3, 0.4) is 0 Å². The molecule has 3 rings (SSSR count). The molecule has 2 heterocycles. The van der Waals surface area contributed by atoms with E-state index in [0.29, 0.717) is 12.1 Å². The summed E-state index contributed by atoms with van der Waals surface area (Å²) in [5.74, 6) is -0.496. The number of halogens is 3. The predicted molar refractivity (Wildman–Crippen MR) is 105 cm³/mol. The molecule has 1 saturated heterocycles. The van der Waals surface area contributed by atoms with Crippen molar-refractivity contribution in [3.05, 3.63) is 42.0 Å². The van der Waals surface area contributed by atoms with Crippen LogP contribution in [0.1, 0.15) is 30.7 Å². The van der Waals surface area contributed by atoms with E-state index in [4.69, 9.17) is 0 Å². The number of aromatic nitrogens is 3. The molecule has 31 heavy (non-hydrogen) atoms. The number of benzene rings is 1. The van der Waals surface area contributed by atoms with Crippen molar-refractivity contribution >= 4 is 17.7 Å². The summed E-state index contributed by atoms with van der Waals surface area (Å²) in [5, 5.41) is 10.6. The molecule has 0 bridgehead atoms. The quantitative estimate of drug-likeness (QED) is 0.723. The van der Waals surface area contributed by atoms with E-state index < -0.39 is 36.6 Å². The lowest BCUT2D eigenvalue weighted by Crippen LogP contribution is -2.48. The van der Waals surface area contributed by atoms with Crippen molar-refractivity contribution in [3.8, 4) is 0 Å². The number of hydrogen-bond acceptors (Lipinski definition) is 5. The maximum Gasteiger partial charge on any atom is 0.406 e. The molecule has 1 aromatic carbocycles. The number of anilines is 1. The second-order valence-corrected chi connectivity index (χ2v) is 7.76. The molecule has 1 aliphatic rings. The number of ether oxygens (including phenoxy) is 1. The van der Waals surface area contributed by atoms with E-state index in [1.165, 1.54) is 0 Å². The summed E-state index contributed by atoms with van der Waals surface area (Å²) >= 11 is 0. The van der Waals surface area contributed by atoms with Crippen LogP contribution < -0.4 is 5.32 Å². The topological polar surface area (TPSA) is 89.3 Å². The van der Waals surface area contributed by atoms with Gasteiger partial charge in [0.2, 0.25) is 0 Å². The summed E-state index contributed by atoms with van der Waals surface area (Å²) in [4.78, 5) is 25.5. The van der Waals surface area contributed by atoms with E-state index in [9.17, 15) is 22.8 Å². The number of methoxy groups -OCH3 is 1. The third-order valence-corrected chi connectivity index (χ3v) is 5.68. The van der Waals surface area contributed by atoms with Crippen molar-refractivity contribution in [1.82, 2.24) is 19.7 Å². The molecule has 0 radical (unpaired) electrons. The summed E-state index contributed by atoms with van der Waals surface area (Å²) in [7, 11) is 2.76. The predicted octanol–water partition coefficient (Wildman–Crippen LogP) is 3.12. The van der Waals surface area contributed by atoms with Crippen molar-refractivity contribution in [2.45, 2.75) is 31.9 Å². The van der Waals surface area contributed by atoms with Crippen LogP contribution in [-0.2, 0) is 23.0 Å². The SMILES string of the molecule is COC(=O)C1(C(F)(F)F)CCN(C(=O)Nc2cccc(C(C)Cc3nncn3C)c2)C1. The minimum atomic E-state index is -4.82. The number of nitrogens with zero attached hydrogens (tertiary/aromatic N) is 4. The fraction of sp³-hybridized carbons (Fsp3) is 0.500. The number of esters is 1. The van der Waals surface area contributed by atoms with Crippen LogP contribution in [0.2, 0.25) is 0 Å². The van der Waals surface area contributed by atoms with Gasteiger partial charge >= 0.3 is 18.2 Å². The Morgan fingerprint density at radius 1 is 1.35 bits per heavy atom. The van der Waals surface area contributed by atoms with Crippen LogP contribution in [0, 0.1) is 5.41 Å². The minimum absolute atomic E-state index is 0.0729. The Hall–Kier alpha value is -3.11. The second kappa shape index (κ2) is 8.56. The van der Waals surface area contributed by atoms with E-state index in [0.717, 1.165) is 23.4 Å². The molecule has 2 aromatic rings. The summed E-state index contributed by atoms with van der Waals surface area (Å²) < 4.78 is 46.9. The fourth-order valence-corrected chi connectivity index (χ4v) is 3.70. The number of hydrogen-bond donors (Lipinski definition) is 1. The Morgan fingerprint density at radius 3 is 2.71 bits per heavy atom. The summed E-state index contributed by atoms with van der Waals surface area (Å²) in [6.07, 6.45) is -3.10. The van der Waals surface area contributed by atoms with Gasteiger partial charge in [-0.05, 0) is 30.0 Å². The highest BCUT2D eigenvalue weighted by Crippen LogP contribution is 2.46. The molecule has 8 nitrogen and oxygen atoms in total. The van der Waals surface area contributed by atoms with Crippen LogP contribution in [0.25, 0.3) is 0 Å². The molecular weight excluding hydrogens is 415 g/mol. The number of aryl methyl sites for hydroxylation is 1. The molecule has 2 amide bonds. The Bertz CT molecular complexity index is 962. The number of nitrogens with one attached hydrogen (secondary N) is 1. The number of likely N-dealkylation sites (tertiary alicyclic amines) is 1. The van der Waals surface area contributed by atoms with Crippen LogP contribution in [0.5, 0.6) is 0 Å². The summed E-state index contributed by atoms with van der Waals surface area (Å²) in [6.45, 7) is 1.02. The number of alkyl halides is 3. The van der Waals surface area contributed by atoms with Gasteiger partial charge in [-0.1, -0.05) is 19.1 Å². The Labute approximate surface area is 177 Å². The van der Waals surface area contributed by atoms with Crippen LogP contribution in [-0.4, -0.2) is 58.0 Å². The molecule has 168 valence electrons. The first-order valence-corrected chi connectivity index (χ1v) is 9.71. The third kappa shape index (κ3) is 4.49.